The van der Waals surface area contributed by atoms with Crippen molar-refractivity contribution in [1.29, 1.82) is 0 Å². The number of hydrogen-bond donors (Lipinski definition) is 0. The van der Waals surface area contributed by atoms with Gasteiger partial charge in [-0.2, -0.15) is 11.8 Å². The van der Waals surface area contributed by atoms with Crippen LogP contribution in [0.4, 0.5) is 0 Å². The molecule has 1 rings (SSSR count). The third kappa shape index (κ3) is 3.64. The molecule has 0 spiro atoms. The molecule has 1 heterocycles. The first-order valence-electron chi connectivity index (χ1n) is 5.81. The highest BCUT2D eigenvalue weighted by atomic mass is 32.2. The Bertz CT molecular complexity index is 329. The van der Waals surface area contributed by atoms with Gasteiger partial charge in [0.15, 0.2) is 0 Å². The fourth-order valence-corrected chi connectivity index (χ4v) is 3.84. The summed E-state index contributed by atoms with van der Waals surface area (Å²) in [6.07, 6.45) is 4.78. The first-order valence-corrected chi connectivity index (χ1v) is 8.64. The molecule has 96 valence electrons. The van der Waals surface area contributed by atoms with E-state index in [4.69, 9.17) is 0 Å². The molecule has 0 aromatic carbocycles. The monoisotopic (exact) mass is 265 g/mol. The minimum atomic E-state index is -3.02. The summed E-state index contributed by atoms with van der Waals surface area (Å²) in [6.45, 7) is 5.19. The Morgan fingerprint density at radius 3 is 2.62 bits per heavy atom. The van der Waals surface area contributed by atoms with Crippen LogP contribution in [0.1, 0.15) is 33.1 Å². The van der Waals surface area contributed by atoms with E-state index in [0.717, 1.165) is 6.42 Å². The number of sulfonamides is 1. The van der Waals surface area contributed by atoms with Crippen molar-refractivity contribution in [1.82, 2.24) is 4.31 Å². The normalized spacial score (nSPS) is 31.9. The fourth-order valence-electron chi connectivity index (χ4n) is 2.01. The smallest absolute Gasteiger partial charge is 0.210 e. The van der Waals surface area contributed by atoms with E-state index < -0.39 is 10.0 Å². The molecule has 0 amide bonds. The van der Waals surface area contributed by atoms with E-state index >= 15 is 0 Å². The maximum absolute atomic E-state index is 11.3. The summed E-state index contributed by atoms with van der Waals surface area (Å²) >= 11 is 2.00. The molecule has 0 aromatic heterocycles. The minimum Gasteiger partial charge on any atom is -0.213 e. The van der Waals surface area contributed by atoms with Gasteiger partial charge in [0.1, 0.15) is 0 Å². The third-order valence-electron chi connectivity index (χ3n) is 3.74. The molecule has 1 fully saturated rings. The van der Waals surface area contributed by atoms with Crippen molar-refractivity contribution in [3.63, 3.8) is 0 Å². The van der Waals surface area contributed by atoms with Crippen LogP contribution in [-0.2, 0) is 10.0 Å². The second-order valence-electron chi connectivity index (χ2n) is 5.04. The zero-order valence-corrected chi connectivity index (χ0v) is 12.3. The lowest BCUT2D eigenvalue weighted by atomic mass is 9.87. The van der Waals surface area contributed by atoms with Gasteiger partial charge in [-0.1, -0.05) is 13.8 Å². The van der Waals surface area contributed by atoms with Crippen LogP contribution in [-0.4, -0.2) is 43.1 Å². The first-order chi connectivity index (χ1) is 7.26. The van der Waals surface area contributed by atoms with Gasteiger partial charge in [0.05, 0.1) is 6.26 Å². The molecule has 16 heavy (non-hydrogen) atoms. The van der Waals surface area contributed by atoms with Crippen molar-refractivity contribution < 1.29 is 8.42 Å². The van der Waals surface area contributed by atoms with Crippen molar-refractivity contribution >= 4 is 21.8 Å². The SMILES string of the molecule is CC1CCCSC1(C)CCN(C)S(C)(=O)=O. The summed E-state index contributed by atoms with van der Waals surface area (Å²) in [5.74, 6) is 1.89. The molecule has 2 unspecified atom stereocenters. The molecule has 1 aliphatic heterocycles. The molecule has 1 saturated heterocycles. The van der Waals surface area contributed by atoms with Crippen molar-refractivity contribution in [2.75, 3.05) is 25.6 Å². The van der Waals surface area contributed by atoms with Crippen LogP contribution in [0.15, 0.2) is 0 Å². The maximum Gasteiger partial charge on any atom is 0.210 e. The molecule has 0 saturated carbocycles. The molecular weight excluding hydrogens is 242 g/mol. The van der Waals surface area contributed by atoms with E-state index in [2.05, 4.69) is 13.8 Å². The summed E-state index contributed by atoms with van der Waals surface area (Å²) < 4.78 is 24.3. The summed E-state index contributed by atoms with van der Waals surface area (Å²) in [6, 6.07) is 0. The van der Waals surface area contributed by atoms with Crippen LogP contribution < -0.4 is 0 Å². The van der Waals surface area contributed by atoms with Gasteiger partial charge >= 0.3 is 0 Å². The van der Waals surface area contributed by atoms with Crippen LogP contribution in [0.25, 0.3) is 0 Å². The number of thioether (sulfide) groups is 1. The number of nitrogens with zero attached hydrogens (tertiary/aromatic N) is 1. The van der Waals surface area contributed by atoms with Crippen molar-refractivity contribution in [3.8, 4) is 0 Å². The first kappa shape index (κ1) is 14.3. The third-order valence-corrected chi connectivity index (χ3v) is 6.82. The molecule has 5 heteroatoms. The van der Waals surface area contributed by atoms with Gasteiger partial charge in [-0.3, -0.25) is 0 Å². The lowest BCUT2D eigenvalue weighted by Crippen LogP contribution is -2.38. The van der Waals surface area contributed by atoms with E-state index in [0.29, 0.717) is 12.5 Å². The zero-order chi connectivity index (χ0) is 12.4. The molecule has 0 aromatic rings. The Morgan fingerprint density at radius 2 is 2.12 bits per heavy atom. The standard InChI is InChI=1S/C11H23NO2S2/c1-10-6-5-9-15-11(10,2)7-8-12(3)16(4,13)14/h10H,5-9H2,1-4H3. The summed E-state index contributed by atoms with van der Waals surface area (Å²) in [4.78, 5) is 0. The largest absolute Gasteiger partial charge is 0.213 e. The predicted molar refractivity (Wildman–Crippen MR) is 71.4 cm³/mol. The maximum atomic E-state index is 11.3. The van der Waals surface area contributed by atoms with Crippen LogP contribution in [0.3, 0.4) is 0 Å². The predicted octanol–water partition coefficient (Wildman–Crippen LogP) is 2.19. The summed E-state index contributed by atoms with van der Waals surface area (Å²) in [5.41, 5.74) is 0. The molecular formula is C11H23NO2S2. The van der Waals surface area contributed by atoms with E-state index in [9.17, 15) is 8.42 Å². The lowest BCUT2D eigenvalue weighted by molar-refractivity contribution is 0.341. The minimum absolute atomic E-state index is 0.247. The van der Waals surface area contributed by atoms with E-state index in [1.165, 1.54) is 29.2 Å². The Kier molecular flexibility index (Phi) is 4.72. The second kappa shape index (κ2) is 5.27. The highest BCUT2D eigenvalue weighted by molar-refractivity contribution is 8.00. The average molecular weight is 265 g/mol. The lowest BCUT2D eigenvalue weighted by Gasteiger charge is -2.40. The molecule has 3 nitrogen and oxygen atoms in total. The zero-order valence-electron chi connectivity index (χ0n) is 10.7. The van der Waals surface area contributed by atoms with Crippen molar-refractivity contribution in [2.45, 2.75) is 37.9 Å². The van der Waals surface area contributed by atoms with Gasteiger partial charge < -0.3 is 0 Å². The quantitative estimate of drug-likeness (QED) is 0.782. The van der Waals surface area contributed by atoms with Crippen molar-refractivity contribution in [2.24, 2.45) is 5.92 Å². The molecule has 0 bridgehead atoms. The Hall–Kier alpha value is 0.260. The summed E-state index contributed by atoms with van der Waals surface area (Å²) in [5, 5.41) is 0. The van der Waals surface area contributed by atoms with Crippen LogP contribution in [0, 0.1) is 5.92 Å². The Balaban J connectivity index is 2.53. The Labute approximate surface area is 104 Å². The van der Waals surface area contributed by atoms with Gasteiger partial charge in [0.2, 0.25) is 10.0 Å². The van der Waals surface area contributed by atoms with E-state index in [1.54, 1.807) is 7.05 Å². The Morgan fingerprint density at radius 1 is 1.50 bits per heavy atom. The van der Waals surface area contributed by atoms with Gasteiger partial charge in [-0.05, 0) is 30.9 Å². The van der Waals surface area contributed by atoms with E-state index in [1.807, 2.05) is 11.8 Å². The number of hydrogen-bond acceptors (Lipinski definition) is 3. The molecule has 0 aliphatic carbocycles. The highest BCUT2D eigenvalue weighted by Gasteiger charge is 2.34. The van der Waals surface area contributed by atoms with Crippen molar-refractivity contribution in [3.05, 3.63) is 0 Å². The fraction of sp³-hybridized carbons (Fsp3) is 1.00. The molecule has 0 N–H and O–H groups in total. The van der Waals surface area contributed by atoms with E-state index in [-0.39, 0.29) is 4.75 Å². The highest BCUT2D eigenvalue weighted by Crippen LogP contribution is 2.43. The average Bonchev–Trinajstić information content (AvgIpc) is 2.18. The van der Waals surface area contributed by atoms with Gasteiger partial charge in [0, 0.05) is 18.3 Å². The molecule has 0 radical (unpaired) electrons. The van der Waals surface area contributed by atoms with Crippen LogP contribution in [0.5, 0.6) is 0 Å². The topological polar surface area (TPSA) is 37.4 Å². The van der Waals surface area contributed by atoms with Gasteiger partial charge in [-0.15, -0.1) is 0 Å². The number of rotatable bonds is 4. The molecule has 2 atom stereocenters. The molecule has 1 aliphatic rings. The van der Waals surface area contributed by atoms with Gasteiger partial charge in [-0.25, -0.2) is 12.7 Å². The van der Waals surface area contributed by atoms with Crippen LogP contribution >= 0.6 is 11.8 Å². The van der Waals surface area contributed by atoms with Gasteiger partial charge in [0.25, 0.3) is 0 Å². The second-order valence-corrected chi connectivity index (χ2v) is 8.76. The summed E-state index contributed by atoms with van der Waals surface area (Å²) in [7, 11) is -1.36. The van der Waals surface area contributed by atoms with Crippen LogP contribution in [0.2, 0.25) is 0 Å².